The van der Waals surface area contributed by atoms with E-state index in [-0.39, 0.29) is 12.5 Å². The number of benzene rings is 1. The zero-order valence-electron chi connectivity index (χ0n) is 15.4. The predicted octanol–water partition coefficient (Wildman–Crippen LogP) is 4.59. The van der Waals surface area contributed by atoms with E-state index in [9.17, 15) is 9.59 Å². The highest BCUT2D eigenvalue weighted by Gasteiger charge is 2.21. The fraction of sp³-hybridized carbons (Fsp3) is 0.300. The van der Waals surface area contributed by atoms with Crippen LogP contribution in [0.2, 0.25) is 0 Å². The first-order chi connectivity index (χ1) is 12.5. The van der Waals surface area contributed by atoms with Gasteiger partial charge in [0.15, 0.2) is 0 Å². The van der Waals surface area contributed by atoms with Crippen molar-refractivity contribution in [3.05, 3.63) is 51.9 Å². The number of amides is 1. The average Bonchev–Trinajstić information content (AvgIpc) is 2.88. The second-order valence-electron chi connectivity index (χ2n) is 5.53. The number of hydrogen-bond donors (Lipinski definition) is 1. The third kappa shape index (κ3) is 4.95. The van der Waals surface area contributed by atoms with Gasteiger partial charge in [0, 0.05) is 11.0 Å². The monoisotopic (exact) mass is 373 g/mol. The van der Waals surface area contributed by atoms with E-state index in [2.05, 4.69) is 5.32 Å². The highest BCUT2D eigenvalue weighted by molar-refractivity contribution is 7.16. The smallest absolute Gasteiger partial charge is 0.341 e. The van der Waals surface area contributed by atoms with Crippen LogP contribution in [0.4, 0.5) is 5.00 Å². The Bertz CT molecular complexity index is 806. The van der Waals surface area contributed by atoms with Gasteiger partial charge in [-0.3, -0.25) is 4.79 Å². The first-order valence-electron chi connectivity index (χ1n) is 8.45. The van der Waals surface area contributed by atoms with Gasteiger partial charge in [0.05, 0.1) is 18.8 Å². The van der Waals surface area contributed by atoms with E-state index in [0.29, 0.717) is 17.2 Å². The third-order valence-corrected chi connectivity index (χ3v) is 4.84. The Morgan fingerprint density at radius 3 is 2.42 bits per heavy atom. The topological polar surface area (TPSA) is 64.6 Å². The summed E-state index contributed by atoms with van der Waals surface area (Å²) in [7, 11) is 0. The zero-order chi connectivity index (χ0) is 19.1. The lowest BCUT2D eigenvalue weighted by Gasteiger charge is -2.05. The quantitative estimate of drug-likeness (QED) is 0.569. The predicted molar refractivity (Wildman–Crippen MR) is 105 cm³/mol. The number of esters is 1. The van der Waals surface area contributed by atoms with Crippen LogP contribution in [0.15, 0.2) is 30.3 Å². The molecule has 0 spiro atoms. The highest BCUT2D eigenvalue weighted by atomic mass is 32.1. The maximum atomic E-state index is 12.2. The second kappa shape index (κ2) is 9.20. The molecule has 1 aromatic heterocycles. The summed E-state index contributed by atoms with van der Waals surface area (Å²) in [5.74, 6) is 0.0727. The number of hydrogen-bond acceptors (Lipinski definition) is 5. The Morgan fingerprint density at radius 2 is 1.81 bits per heavy atom. The lowest BCUT2D eigenvalue weighted by molar-refractivity contribution is -0.111. The molecule has 6 heteroatoms. The Labute approximate surface area is 157 Å². The lowest BCUT2D eigenvalue weighted by Crippen LogP contribution is -2.12. The number of nitrogens with one attached hydrogen (secondary N) is 1. The average molecular weight is 373 g/mol. The molecule has 26 heavy (non-hydrogen) atoms. The Morgan fingerprint density at radius 1 is 1.12 bits per heavy atom. The number of anilines is 1. The first-order valence-corrected chi connectivity index (χ1v) is 9.26. The Kier molecular flexibility index (Phi) is 6.97. The fourth-order valence-electron chi connectivity index (χ4n) is 2.33. The maximum Gasteiger partial charge on any atom is 0.341 e. The molecule has 0 saturated heterocycles. The van der Waals surface area contributed by atoms with E-state index in [1.807, 2.05) is 45.0 Å². The lowest BCUT2D eigenvalue weighted by atomic mass is 10.1. The van der Waals surface area contributed by atoms with Crippen LogP contribution in [-0.2, 0) is 9.53 Å². The molecule has 138 valence electrons. The van der Waals surface area contributed by atoms with E-state index in [0.717, 1.165) is 21.8 Å². The fourth-order valence-corrected chi connectivity index (χ4v) is 3.38. The van der Waals surface area contributed by atoms with Gasteiger partial charge in [-0.1, -0.05) is 12.1 Å². The molecule has 0 radical (unpaired) electrons. The van der Waals surface area contributed by atoms with Crippen LogP contribution in [-0.4, -0.2) is 25.1 Å². The molecule has 2 aromatic rings. The van der Waals surface area contributed by atoms with Crippen LogP contribution >= 0.6 is 11.3 Å². The van der Waals surface area contributed by atoms with Crippen molar-refractivity contribution in [2.24, 2.45) is 0 Å². The summed E-state index contributed by atoms with van der Waals surface area (Å²) < 4.78 is 10.5. The molecule has 0 aliphatic carbocycles. The van der Waals surface area contributed by atoms with Crippen molar-refractivity contribution in [3.63, 3.8) is 0 Å². The van der Waals surface area contributed by atoms with Crippen LogP contribution in [0, 0.1) is 13.8 Å². The summed E-state index contributed by atoms with van der Waals surface area (Å²) in [6, 6.07) is 7.45. The molecule has 5 nitrogen and oxygen atoms in total. The number of aryl methyl sites for hydroxylation is 1. The van der Waals surface area contributed by atoms with Crippen molar-refractivity contribution in [2.75, 3.05) is 18.5 Å². The molecule has 2 rings (SSSR count). The molecule has 0 bridgehead atoms. The number of carbonyl (C=O) groups excluding carboxylic acids is 2. The second-order valence-corrected chi connectivity index (χ2v) is 6.76. The van der Waals surface area contributed by atoms with Crippen molar-refractivity contribution >= 4 is 34.3 Å². The van der Waals surface area contributed by atoms with E-state index < -0.39 is 5.97 Å². The standard InChI is InChI=1S/C20H23NO4S/c1-5-24-16-10-7-15(8-11-16)9-12-17(22)21-19-18(20(23)25-6-2)13(3)14(4)26-19/h7-12H,5-6H2,1-4H3,(H,21,22)/b12-9+. The van der Waals surface area contributed by atoms with Crippen LogP contribution < -0.4 is 10.1 Å². The molecule has 1 heterocycles. The summed E-state index contributed by atoms with van der Waals surface area (Å²) in [6.07, 6.45) is 3.15. The van der Waals surface area contributed by atoms with Gasteiger partial charge in [-0.05, 0) is 57.0 Å². The minimum Gasteiger partial charge on any atom is -0.494 e. The van der Waals surface area contributed by atoms with Gasteiger partial charge in [0.1, 0.15) is 10.8 Å². The maximum absolute atomic E-state index is 12.2. The summed E-state index contributed by atoms with van der Waals surface area (Å²) in [5.41, 5.74) is 2.14. The Hall–Kier alpha value is -2.60. The third-order valence-electron chi connectivity index (χ3n) is 3.72. The van der Waals surface area contributed by atoms with Crippen molar-refractivity contribution < 1.29 is 19.1 Å². The van der Waals surface area contributed by atoms with Gasteiger partial charge in [0.2, 0.25) is 5.91 Å². The molecule has 0 fully saturated rings. The number of rotatable bonds is 7. The summed E-state index contributed by atoms with van der Waals surface area (Å²) in [5, 5.41) is 3.29. The summed E-state index contributed by atoms with van der Waals surface area (Å²) in [4.78, 5) is 25.4. The molecule has 1 aromatic carbocycles. The first kappa shape index (κ1) is 19.7. The zero-order valence-corrected chi connectivity index (χ0v) is 16.2. The van der Waals surface area contributed by atoms with Crippen molar-refractivity contribution in [3.8, 4) is 5.75 Å². The van der Waals surface area contributed by atoms with E-state index >= 15 is 0 Å². The van der Waals surface area contributed by atoms with E-state index in [4.69, 9.17) is 9.47 Å². The minimum atomic E-state index is -0.417. The molecular weight excluding hydrogens is 350 g/mol. The number of thiophene rings is 1. The van der Waals surface area contributed by atoms with E-state index in [1.165, 1.54) is 17.4 Å². The molecular formula is C20H23NO4S. The molecule has 0 saturated carbocycles. The minimum absolute atomic E-state index is 0.290. The van der Waals surface area contributed by atoms with Crippen molar-refractivity contribution in [2.45, 2.75) is 27.7 Å². The number of ether oxygens (including phenoxy) is 2. The molecule has 1 N–H and O–H groups in total. The summed E-state index contributed by atoms with van der Waals surface area (Å²) >= 11 is 1.37. The SMILES string of the molecule is CCOC(=O)c1c(NC(=O)/C=C/c2ccc(OCC)cc2)sc(C)c1C. The van der Waals surface area contributed by atoms with Gasteiger partial charge in [-0.25, -0.2) is 4.79 Å². The van der Waals surface area contributed by atoms with Crippen LogP contribution in [0.5, 0.6) is 5.75 Å². The van der Waals surface area contributed by atoms with Gasteiger partial charge in [-0.15, -0.1) is 11.3 Å². The van der Waals surface area contributed by atoms with Crippen LogP contribution in [0.25, 0.3) is 6.08 Å². The van der Waals surface area contributed by atoms with Gasteiger partial charge in [0.25, 0.3) is 0 Å². The molecule has 0 atom stereocenters. The van der Waals surface area contributed by atoms with E-state index in [1.54, 1.807) is 13.0 Å². The van der Waals surface area contributed by atoms with Gasteiger partial charge in [-0.2, -0.15) is 0 Å². The van der Waals surface area contributed by atoms with Gasteiger partial charge < -0.3 is 14.8 Å². The highest BCUT2D eigenvalue weighted by Crippen LogP contribution is 2.33. The van der Waals surface area contributed by atoms with Crippen LogP contribution in [0.3, 0.4) is 0 Å². The van der Waals surface area contributed by atoms with Crippen molar-refractivity contribution in [1.82, 2.24) is 0 Å². The molecule has 0 aliphatic heterocycles. The molecule has 0 unspecified atom stereocenters. The Balaban J connectivity index is 2.10. The van der Waals surface area contributed by atoms with Gasteiger partial charge >= 0.3 is 5.97 Å². The summed E-state index contributed by atoms with van der Waals surface area (Å²) in [6.45, 7) is 8.34. The normalized spacial score (nSPS) is 10.8. The number of carbonyl (C=O) groups is 2. The van der Waals surface area contributed by atoms with Crippen LogP contribution in [0.1, 0.15) is 40.2 Å². The largest absolute Gasteiger partial charge is 0.494 e. The van der Waals surface area contributed by atoms with Crippen molar-refractivity contribution in [1.29, 1.82) is 0 Å². The molecule has 0 aliphatic rings. The molecule has 1 amide bonds.